The summed E-state index contributed by atoms with van der Waals surface area (Å²) in [6, 6.07) is 15.4. The summed E-state index contributed by atoms with van der Waals surface area (Å²) in [7, 11) is 1.78. The molecule has 4 rings (SSSR count). The van der Waals surface area contributed by atoms with E-state index in [-0.39, 0.29) is 4.90 Å². The highest BCUT2D eigenvalue weighted by atomic mass is 35.7. The molecule has 0 radical (unpaired) electrons. The summed E-state index contributed by atoms with van der Waals surface area (Å²) >= 11 is 0. The van der Waals surface area contributed by atoms with E-state index >= 15 is 0 Å². The van der Waals surface area contributed by atoms with Gasteiger partial charge in [0, 0.05) is 53.3 Å². The van der Waals surface area contributed by atoms with E-state index in [0.717, 1.165) is 37.0 Å². The molecule has 0 aliphatic carbocycles. The molecule has 4 nitrogen and oxygen atoms in total. The molecule has 2 aromatic carbocycles. The molecule has 6 heteroatoms. The van der Waals surface area contributed by atoms with E-state index < -0.39 is 9.05 Å². The van der Waals surface area contributed by atoms with E-state index in [1.165, 1.54) is 16.8 Å². The van der Waals surface area contributed by atoms with Crippen molar-refractivity contribution in [3.63, 3.8) is 0 Å². The third-order valence-electron chi connectivity index (χ3n) is 4.56. The van der Waals surface area contributed by atoms with Crippen LogP contribution in [0.15, 0.2) is 53.4 Å². The lowest BCUT2D eigenvalue weighted by molar-refractivity contribution is 0.245. The van der Waals surface area contributed by atoms with Crippen LogP contribution in [0.3, 0.4) is 0 Å². The number of halogens is 1. The number of H-pyrrole nitrogens is 1. The van der Waals surface area contributed by atoms with Gasteiger partial charge in [-0.25, -0.2) is 8.42 Å². The first-order valence-corrected chi connectivity index (χ1v) is 10.2. The predicted octanol–water partition coefficient (Wildman–Crippen LogP) is 3.65. The fourth-order valence-corrected chi connectivity index (χ4v) is 4.15. The van der Waals surface area contributed by atoms with Gasteiger partial charge in [-0.1, -0.05) is 30.3 Å². The van der Waals surface area contributed by atoms with Crippen LogP contribution < -0.4 is 0 Å². The van der Waals surface area contributed by atoms with Gasteiger partial charge in [-0.3, -0.25) is 4.90 Å². The molecule has 3 aromatic rings. The van der Waals surface area contributed by atoms with Crippen molar-refractivity contribution in [2.75, 3.05) is 6.54 Å². The van der Waals surface area contributed by atoms with Crippen LogP contribution in [0.5, 0.6) is 0 Å². The Morgan fingerprint density at radius 3 is 2.67 bits per heavy atom. The second-order valence-electron chi connectivity index (χ2n) is 6.17. The van der Waals surface area contributed by atoms with Crippen LogP contribution in [0, 0.1) is 0 Å². The number of hydrogen-bond donors (Lipinski definition) is 1. The summed E-state index contributed by atoms with van der Waals surface area (Å²) in [5.74, 6) is 0. The summed E-state index contributed by atoms with van der Waals surface area (Å²) in [6.45, 7) is 2.67. The molecule has 0 unspecified atom stereocenters. The molecule has 0 fully saturated rings. The Labute approximate surface area is 145 Å². The van der Waals surface area contributed by atoms with Crippen LogP contribution in [0.4, 0.5) is 0 Å². The van der Waals surface area contributed by atoms with Crippen molar-refractivity contribution in [1.82, 2.24) is 9.88 Å². The van der Waals surface area contributed by atoms with Crippen molar-refractivity contribution in [2.45, 2.75) is 24.4 Å². The average Bonchev–Trinajstić information content (AvgIpc) is 2.92. The van der Waals surface area contributed by atoms with Crippen molar-refractivity contribution in [3.8, 4) is 0 Å². The highest BCUT2D eigenvalue weighted by Crippen LogP contribution is 2.30. The number of nitrogens with zero attached hydrogens (tertiary/aromatic N) is 1. The fraction of sp³-hybridized carbons (Fsp3) is 0.222. The second-order valence-corrected chi connectivity index (χ2v) is 8.74. The minimum absolute atomic E-state index is 0.152. The lowest BCUT2D eigenvalue weighted by Crippen LogP contribution is -2.29. The highest BCUT2D eigenvalue weighted by Gasteiger charge is 2.22. The molecule has 1 aromatic heterocycles. The monoisotopic (exact) mass is 360 g/mol. The quantitative estimate of drug-likeness (QED) is 0.725. The predicted molar refractivity (Wildman–Crippen MR) is 95.6 cm³/mol. The normalized spacial score (nSPS) is 15.5. The molecule has 1 N–H and O–H groups in total. The lowest BCUT2D eigenvalue weighted by Gasteiger charge is -2.27. The standard InChI is InChI=1S/C18H17ClN2O2S/c19-24(22,23)14-6-7-17-15(10-14)16-12-21(9-8-18(16)20-17)11-13-4-2-1-3-5-13/h1-7,10,20H,8-9,11-12H2. The first-order chi connectivity index (χ1) is 11.5. The Balaban J connectivity index is 1.69. The molecule has 1 aliphatic rings. The average molecular weight is 361 g/mol. The zero-order valence-electron chi connectivity index (χ0n) is 13.0. The number of rotatable bonds is 3. The Bertz CT molecular complexity index is 997. The molecule has 0 amide bonds. The maximum absolute atomic E-state index is 11.6. The third kappa shape index (κ3) is 2.95. The van der Waals surface area contributed by atoms with Gasteiger partial charge in [0.2, 0.25) is 0 Å². The van der Waals surface area contributed by atoms with Gasteiger partial charge >= 0.3 is 0 Å². The van der Waals surface area contributed by atoms with E-state index in [2.05, 4.69) is 22.0 Å². The Morgan fingerprint density at radius 1 is 1.12 bits per heavy atom. The van der Waals surface area contributed by atoms with Gasteiger partial charge in [0.25, 0.3) is 9.05 Å². The van der Waals surface area contributed by atoms with Gasteiger partial charge in [-0.15, -0.1) is 0 Å². The number of benzene rings is 2. The van der Waals surface area contributed by atoms with Gasteiger partial charge in [-0.05, 0) is 29.3 Å². The summed E-state index contributed by atoms with van der Waals surface area (Å²) < 4.78 is 23.2. The van der Waals surface area contributed by atoms with E-state index in [0.29, 0.717) is 0 Å². The minimum atomic E-state index is -3.72. The Morgan fingerprint density at radius 2 is 1.92 bits per heavy atom. The highest BCUT2D eigenvalue weighted by molar-refractivity contribution is 8.13. The molecule has 0 saturated heterocycles. The zero-order valence-corrected chi connectivity index (χ0v) is 14.6. The van der Waals surface area contributed by atoms with Crippen LogP contribution in [-0.2, 0) is 28.6 Å². The molecule has 0 saturated carbocycles. The van der Waals surface area contributed by atoms with Gasteiger partial charge in [0.15, 0.2) is 0 Å². The van der Waals surface area contributed by atoms with Crippen molar-refractivity contribution >= 4 is 30.6 Å². The smallest absolute Gasteiger partial charge is 0.261 e. The van der Waals surface area contributed by atoms with Gasteiger partial charge in [0.1, 0.15) is 0 Å². The van der Waals surface area contributed by atoms with Gasteiger partial charge in [-0.2, -0.15) is 0 Å². The molecular weight excluding hydrogens is 344 g/mol. The van der Waals surface area contributed by atoms with Crippen LogP contribution in [-0.4, -0.2) is 24.8 Å². The molecule has 0 bridgehead atoms. The SMILES string of the molecule is O=S(=O)(Cl)c1ccc2[nH]c3c(c2c1)CN(Cc1ccccc1)CC3. The number of hydrogen-bond acceptors (Lipinski definition) is 3. The Hall–Kier alpha value is -1.82. The topological polar surface area (TPSA) is 53.2 Å². The summed E-state index contributed by atoms with van der Waals surface area (Å²) in [4.78, 5) is 5.95. The molecule has 0 spiro atoms. The minimum Gasteiger partial charge on any atom is -0.358 e. The molecular formula is C18H17ClN2O2S. The number of fused-ring (bicyclic) bond motifs is 3. The number of aromatic amines is 1. The zero-order chi connectivity index (χ0) is 16.7. The summed E-state index contributed by atoms with van der Waals surface area (Å²) in [5.41, 5.74) is 4.61. The molecule has 1 aliphatic heterocycles. The fourth-order valence-electron chi connectivity index (χ4n) is 3.38. The summed E-state index contributed by atoms with van der Waals surface area (Å²) in [6.07, 6.45) is 0.930. The maximum atomic E-state index is 11.6. The van der Waals surface area contributed by atoms with E-state index in [4.69, 9.17) is 10.7 Å². The van der Waals surface area contributed by atoms with Crippen LogP contribution >= 0.6 is 10.7 Å². The van der Waals surface area contributed by atoms with Crippen molar-refractivity contribution in [3.05, 3.63) is 65.4 Å². The molecule has 0 atom stereocenters. The van der Waals surface area contributed by atoms with Crippen molar-refractivity contribution in [1.29, 1.82) is 0 Å². The first kappa shape index (κ1) is 15.7. The van der Waals surface area contributed by atoms with E-state index in [1.807, 2.05) is 18.2 Å². The number of aromatic nitrogens is 1. The maximum Gasteiger partial charge on any atom is 0.261 e. The van der Waals surface area contributed by atoms with Crippen molar-refractivity contribution in [2.24, 2.45) is 0 Å². The first-order valence-electron chi connectivity index (χ1n) is 7.85. The van der Waals surface area contributed by atoms with Crippen LogP contribution in [0.25, 0.3) is 10.9 Å². The number of nitrogens with one attached hydrogen (secondary N) is 1. The lowest BCUT2D eigenvalue weighted by atomic mass is 10.0. The largest absolute Gasteiger partial charge is 0.358 e. The second kappa shape index (κ2) is 5.92. The summed E-state index contributed by atoms with van der Waals surface area (Å²) in [5, 5.41) is 0.949. The van der Waals surface area contributed by atoms with Crippen molar-refractivity contribution < 1.29 is 8.42 Å². The molecule has 24 heavy (non-hydrogen) atoms. The van der Waals surface area contributed by atoms with E-state index in [1.54, 1.807) is 18.2 Å². The van der Waals surface area contributed by atoms with Gasteiger partial charge < -0.3 is 4.98 Å². The van der Waals surface area contributed by atoms with E-state index in [9.17, 15) is 8.42 Å². The van der Waals surface area contributed by atoms with Crippen LogP contribution in [0.1, 0.15) is 16.8 Å². The molecule has 2 heterocycles. The Kier molecular flexibility index (Phi) is 3.87. The van der Waals surface area contributed by atoms with Gasteiger partial charge in [0.05, 0.1) is 4.90 Å². The third-order valence-corrected chi connectivity index (χ3v) is 5.91. The van der Waals surface area contributed by atoms with Crippen LogP contribution in [0.2, 0.25) is 0 Å². The molecule has 124 valence electrons.